The molecule has 9 heteroatoms. The minimum atomic E-state index is -4.63. The van der Waals surface area contributed by atoms with Gasteiger partial charge in [-0.3, -0.25) is 0 Å². The molecule has 4 nitrogen and oxygen atoms in total. The summed E-state index contributed by atoms with van der Waals surface area (Å²) in [5, 5.41) is 0. The molecule has 0 aliphatic rings. The summed E-state index contributed by atoms with van der Waals surface area (Å²) in [5.74, 6) is -0.129. The van der Waals surface area contributed by atoms with Gasteiger partial charge < -0.3 is 10.7 Å². The van der Waals surface area contributed by atoms with Crippen molar-refractivity contribution in [3.8, 4) is 22.3 Å². The van der Waals surface area contributed by atoms with Gasteiger partial charge in [0, 0.05) is 23.0 Å². The van der Waals surface area contributed by atoms with E-state index in [0.29, 0.717) is 21.3 Å². The van der Waals surface area contributed by atoms with Crippen molar-refractivity contribution >= 4 is 27.7 Å². The number of nitrogens with one attached hydrogen (secondary N) is 1. The smallest absolute Gasteiger partial charge is 0.398 e. The lowest BCUT2D eigenvalue weighted by Gasteiger charge is -2.21. The second-order valence-electron chi connectivity index (χ2n) is 7.23. The Labute approximate surface area is 183 Å². The second kappa shape index (κ2) is 8.12. The zero-order chi connectivity index (χ0) is 23.1. The minimum Gasteiger partial charge on any atom is -0.398 e. The van der Waals surface area contributed by atoms with Crippen molar-refractivity contribution in [1.82, 2.24) is 4.98 Å². The van der Waals surface area contributed by atoms with E-state index in [2.05, 4.69) is 4.98 Å². The van der Waals surface area contributed by atoms with E-state index in [1.165, 1.54) is 32.0 Å². The summed E-state index contributed by atoms with van der Waals surface area (Å²) >= 11 is 5.39. The molecular weight excluding hydrogens is 445 g/mol. The van der Waals surface area contributed by atoms with Crippen molar-refractivity contribution in [2.45, 2.75) is 31.8 Å². The standard InChI is InChI=1S/C22H21F3N2O2S2/c1-4-31(28,29)15-7-5-6-14(9-15)16-10-18(22(23,24)25)13(3)20(26)19(16)17-8-12(2)11-27-21(17)30/h5-11H,4,26H2,1-3H3,(H,27,30). The van der Waals surface area contributed by atoms with Crippen molar-refractivity contribution in [3.63, 3.8) is 0 Å². The number of hydrogen-bond donors (Lipinski definition) is 2. The predicted molar refractivity (Wildman–Crippen MR) is 119 cm³/mol. The normalized spacial score (nSPS) is 12.2. The van der Waals surface area contributed by atoms with Crippen LogP contribution in [0.3, 0.4) is 0 Å². The Balaban J connectivity index is 2.46. The summed E-state index contributed by atoms with van der Waals surface area (Å²) in [6, 6.07) is 8.61. The van der Waals surface area contributed by atoms with Crippen LogP contribution in [0.25, 0.3) is 22.3 Å². The van der Waals surface area contributed by atoms with Crippen LogP contribution in [0.4, 0.5) is 18.9 Å². The van der Waals surface area contributed by atoms with Crippen LogP contribution in [0.5, 0.6) is 0 Å². The van der Waals surface area contributed by atoms with Gasteiger partial charge in [-0.1, -0.05) is 31.3 Å². The first-order valence-electron chi connectivity index (χ1n) is 9.40. The number of rotatable bonds is 4. The average molecular weight is 467 g/mol. The molecule has 0 aliphatic carbocycles. The largest absolute Gasteiger partial charge is 0.416 e. The molecule has 3 rings (SSSR count). The molecular formula is C22H21F3N2O2S2. The van der Waals surface area contributed by atoms with Crippen molar-refractivity contribution in [2.24, 2.45) is 0 Å². The van der Waals surface area contributed by atoms with Gasteiger partial charge in [-0.05, 0) is 60.4 Å². The topological polar surface area (TPSA) is 75.9 Å². The highest BCUT2D eigenvalue weighted by Gasteiger charge is 2.35. The summed E-state index contributed by atoms with van der Waals surface area (Å²) < 4.78 is 66.3. The summed E-state index contributed by atoms with van der Waals surface area (Å²) in [5.41, 5.74) is 7.28. The molecule has 31 heavy (non-hydrogen) atoms. The second-order valence-corrected chi connectivity index (χ2v) is 9.92. The van der Waals surface area contributed by atoms with Gasteiger partial charge in [0.2, 0.25) is 0 Å². The molecule has 0 saturated heterocycles. The molecule has 3 N–H and O–H groups in total. The molecule has 2 aromatic carbocycles. The summed E-state index contributed by atoms with van der Waals surface area (Å²) in [4.78, 5) is 2.95. The molecule has 0 amide bonds. The van der Waals surface area contributed by atoms with Gasteiger partial charge in [-0.2, -0.15) is 13.2 Å². The number of benzene rings is 2. The van der Waals surface area contributed by atoms with Crippen LogP contribution >= 0.6 is 12.2 Å². The summed E-state index contributed by atoms with van der Waals surface area (Å²) in [6.07, 6.45) is -2.94. The molecule has 0 radical (unpaired) electrons. The van der Waals surface area contributed by atoms with Gasteiger partial charge >= 0.3 is 6.18 Å². The lowest BCUT2D eigenvalue weighted by atomic mass is 9.88. The van der Waals surface area contributed by atoms with Crippen LogP contribution in [-0.4, -0.2) is 19.2 Å². The van der Waals surface area contributed by atoms with Crippen molar-refractivity contribution in [1.29, 1.82) is 0 Å². The average Bonchev–Trinajstić information content (AvgIpc) is 2.71. The fourth-order valence-electron chi connectivity index (χ4n) is 3.42. The molecule has 0 atom stereocenters. The molecule has 164 valence electrons. The van der Waals surface area contributed by atoms with Crippen molar-refractivity contribution in [2.75, 3.05) is 11.5 Å². The molecule has 0 aliphatic heterocycles. The van der Waals surface area contributed by atoms with Gasteiger partial charge in [0.1, 0.15) is 4.64 Å². The Kier molecular flexibility index (Phi) is 6.03. The van der Waals surface area contributed by atoms with E-state index in [4.69, 9.17) is 18.0 Å². The SMILES string of the molecule is CCS(=O)(=O)c1cccc(-c2cc(C(F)(F)F)c(C)c(N)c2-c2cc(C)c[nH]c2=S)c1. The number of sulfone groups is 1. The van der Waals surface area contributed by atoms with Crippen molar-refractivity contribution < 1.29 is 21.6 Å². The highest BCUT2D eigenvalue weighted by molar-refractivity contribution is 7.91. The Bertz CT molecular complexity index is 1330. The van der Waals surface area contributed by atoms with Gasteiger partial charge in [0.25, 0.3) is 0 Å². The number of pyridine rings is 1. The van der Waals surface area contributed by atoms with E-state index < -0.39 is 21.6 Å². The number of nitrogens with two attached hydrogens (primary N) is 1. The van der Waals surface area contributed by atoms with Crippen LogP contribution in [0, 0.1) is 18.5 Å². The maximum Gasteiger partial charge on any atom is 0.416 e. The molecule has 0 fully saturated rings. The molecule has 0 spiro atoms. The molecule has 0 bridgehead atoms. The van der Waals surface area contributed by atoms with Gasteiger partial charge in [0.05, 0.1) is 16.2 Å². The highest BCUT2D eigenvalue weighted by Crippen LogP contribution is 2.45. The van der Waals surface area contributed by atoms with E-state index in [1.54, 1.807) is 18.3 Å². The van der Waals surface area contributed by atoms with E-state index in [0.717, 1.165) is 11.6 Å². The monoisotopic (exact) mass is 466 g/mol. The Morgan fingerprint density at radius 1 is 1.10 bits per heavy atom. The zero-order valence-electron chi connectivity index (χ0n) is 17.1. The van der Waals surface area contributed by atoms with Gasteiger partial charge in [0.15, 0.2) is 9.84 Å². The quantitative estimate of drug-likeness (QED) is 0.360. The number of H-pyrrole nitrogens is 1. The Morgan fingerprint density at radius 2 is 1.77 bits per heavy atom. The third-order valence-corrected chi connectivity index (χ3v) is 7.21. The number of hydrogen-bond acceptors (Lipinski definition) is 4. The van der Waals surface area contributed by atoms with E-state index >= 15 is 0 Å². The molecule has 0 saturated carbocycles. The van der Waals surface area contributed by atoms with E-state index in [1.807, 2.05) is 6.92 Å². The Morgan fingerprint density at radius 3 is 2.39 bits per heavy atom. The molecule has 0 unspecified atom stereocenters. The number of aromatic amines is 1. The highest BCUT2D eigenvalue weighted by atomic mass is 32.2. The lowest BCUT2D eigenvalue weighted by molar-refractivity contribution is -0.137. The third-order valence-electron chi connectivity index (χ3n) is 5.14. The van der Waals surface area contributed by atoms with Crippen LogP contribution in [0.15, 0.2) is 47.5 Å². The Hall–Kier alpha value is -2.65. The van der Waals surface area contributed by atoms with Crippen LogP contribution < -0.4 is 5.73 Å². The fraction of sp³-hybridized carbons (Fsp3) is 0.227. The maximum absolute atomic E-state index is 13.7. The van der Waals surface area contributed by atoms with Crippen molar-refractivity contribution in [3.05, 3.63) is 63.9 Å². The van der Waals surface area contributed by atoms with Crippen LogP contribution in [0.2, 0.25) is 0 Å². The summed E-state index contributed by atoms with van der Waals surface area (Å²) in [7, 11) is -3.56. The van der Waals surface area contributed by atoms with Crippen LogP contribution in [-0.2, 0) is 16.0 Å². The number of aromatic nitrogens is 1. The fourth-order valence-corrected chi connectivity index (χ4v) is 4.56. The van der Waals surface area contributed by atoms with E-state index in [-0.39, 0.29) is 27.5 Å². The predicted octanol–water partition coefficient (Wildman–Crippen LogP) is 6.09. The lowest BCUT2D eigenvalue weighted by Crippen LogP contribution is -2.11. The van der Waals surface area contributed by atoms with Crippen LogP contribution in [0.1, 0.15) is 23.6 Å². The first-order valence-corrected chi connectivity index (χ1v) is 11.5. The first kappa shape index (κ1) is 23.0. The molecule has 1 aromatic heterocycles. The first-order chi connectivity index (χ1) is 14.4. The minimum absolute atomic E-state index is 0.0283. The number of nitrogen functional groups attached to an aromatic ring is 1. The number of anilines is 1. The molecule has 3 aromatic rings. The molecule has 1 heterocycles. The number of halogens is 3. The number of alkyl halides is 3. The zero-order valence-corrected chi connectivity index (χ0v) is 18.7. The number of aryl methyl sites for hydroxylation is 1. The maximum atomic E-state index is 13.7. The summed E-state index contributed by atoms with van der Waals surface area (Å²) in [6.45, 7) is 4.63. The van der Waals surface area contributed by atoms with Gasteiger partial charge in [-0.25, -0.2) is 8.42 Å². The van der Waals surface area contributed by atoms with E-state index in [9.17, 15) is 21.6 Å². The third kappa shape index (κ3) is 4.38. The van der Waals surface area contributed by atoms with Gasteiger partial charge in [-0.15, -0.1) is 0 Å².